The average molecular weight is 461 g/mol. The van der Waals surface area contributed by atoms with E-state index >= 15 is 0 Å². The van der Waals surface area contributed by atoms with Crippen molar-refractivity contribution in [2.45, 2.75) is 25.9 Å². The van der Waals surface area contributed by atoms with Gasteiger partial charge in [0.25, 0.3) is 0 Å². The molecule has 0 spiro atoms. The second-order valence-electron chi connectivity index (χ2n) is 9.09. The van der Waals surface area contributed by atoms with Crippen LogP contribution in [0.5, 0.6) is 5.88 Å². The van der Waals surface area contributed by atoms with E-state index in [4.69, 9.17) is 24.4 Å². The fourth-order valence-corrected chi connectivity index (χ4v) is 4.83. The SMILES string of the molecule is C[C@@H]1COCCN1c1nc(N2CCOC[C@@H]2C)nc2nc(-c3ccc4c[nH]c(O)c4c3)ccc12. The first-order valence-corrected chi connectivity index (χ1v) is 11.8. The molecule has 0 aliphatic carbocycles. The minimum atomic E-state index is 0.159. The lowest BCUT2D eigenvalue weighted by molar-refractivity contribution is 0.0973. The number of nitrogens with zero attached hydrogens (tertiary/aromatic N) is 5. The molecule has 176 valence electrons. The summed E-state index contributed by atoms with van der Waals surface area (Å²) in [4.78, 5) is 22.3. The third kappa shape index (κ3) is 3.61. The highest BCUT2D eigenvalue weighted by atomic mass is 16.5. The Kier molecular flexibility index (Phi) is 5.23. The zero-order valence-electron chi connectivity index (χ0n) is 19.4. The summed E-state index contributed by atoms with van der Waals surface area (Å²) < 4.78 is 11.3. The van der Waals surface area contributed by atoms with Crippen LogP contribution in [0.3, 0.4) is 0 Å². The summed E-state index contributed by atoms with van der Waals surface area (Å²) in [5.74, 6) is 1.74. The van der Waals surface area contributed by atoms with Gasteiger partial charge in [-0.15, -0.1) is 0 Å². The third-order valence-corrected chi connectivity index (χ3v) is 6.76. The molecule has 2 N–H and O–H groups in total. The number of benzene rings is 1. The first kappa shape index (κ1) is 21.1. The molecule has 9 nitrogen and oxygen atoms in total. The first-order valence-electron chi connectivity index (χ1n) is 11.8. The Labute approximate surface area is 197 Å². The summed E-state index contributed by atoms with van der Waals surface area (Å²) in [7, 11) is 0. The number of H-pyrrole nitrogens is 1. The van der Waals surface area contributed by atoms with Crippen molar-refractivity contribution in [3.63, 3.8) is 0 Å². The molecule has 6 rings (SSSR count). The molecule has 34 heavy (non-hydrogen) atoms. The summed E-state index contributed by atoms with van der Waals surface area (Å²) >= 11 is 0. The van der Waals surface area contributed by atoms with E-state index in [1.807, 2.05) is 24.3 Å². The summed E-state index contributed by atoms with van der Waals surface area (Å²) in [6.07, 6.45) is 1.79. The second-order valence-corrected chi connectivity index (χ2v) is 9.09. The average Bonchev–Trinajstić information content (AvgIpc) is 3.23. The number of ether oxygens (including phenoxy) is 2. The molecule has 2 saturated heterocycles. The molecule has 0 saturated carbocycles. The van der Waals surface area contributed by atoms with Crippen molar-refractivity contribution in [1.82, 2.24) is 19.9 Å². The number of hydrogen-bond donors (Lipinski definition) is 2. The Hall–Kier alpha value is -3.43. The van der Waals surface area contributed by atoms with Gasteiger partial charge in [0.05, 0.1) is 49.6 Å². The van der Waals surface area contributed by atoms with E-state index in [-0.39, 0.29) is 18.0 Å². The number of nitrogens with one attached hydrogen (secondary N) is 1. The van der Waals surface area contributed by atoms with Crippen molar-refractivity contribution >= 4 is 33.6 Å². The normalized spacial score (nSPS) is 21.5. The highest BCUT2D eigenvalue weighted by molar-refractivity contribution is 5.93. The fourth-order valence-electron chi connectivity index (χ4n) is 4.83. The van der Waals surface area contributed by atoms with Gasteiger partial charge in [-0.3, -0.25) is 0 Å². The summed E-state index contributed by atoms with van der Waals surface area (Å²) in [6.45, 7) is 8.45. The van der Waals surface area contributed by atoms with Crippen molar-refractivity contribution in [3.8, 4) is 17.1 Å². The molecule has 4 aromatic rings. The maximum Gasteiger partial charge on any atom is 0.229 e. The minimum Gasteiger partial charge on any atom is -0.494 e. The maximum absolute atomic E-state index is 10.1. The molecular formula is C25H28N6O3. The van der Waals surface area contributed by atoms with Gasteiger partial charge in [-0.25, -0.2) is 4.98 Å². The van der Waals surface area contributed by atoms with Gasteiger partial charge >= 0.3 is 0 Å². The van der Waals surface area contributed by atoms with Gasteiger partial charge in [0.15, 0.2) is 11.5 Å². The largest absolute Gasteiger partial charge is 0.494 e. The lowest BCUT2D eigenvalue weighted by atomic mass is 10.1. The second kappa shape index (κ2) is 8.41. The van der Waals surface area contributed by atoms with E-state index < -0.39 is 0 Å². The molecule has 3 aromatic heterocycles. The molecule has 2 aliphatic rings. The fraction of sp³-hybridized carbons (Fsp3) is 0.400. The molecule has 0 bridgehead atoms. The molecule has 0 radical (unpaired) electrons. The molecule has 0 amide bonds. The van der Waals surface area contributed by atoms with Gasteiger partial charge in [0.2, 0.25) is 5.95 Å². The maximum atomic E-state index is 10.1. The number of hydrogen-bond acceptors (Lipinski definition) is 8. The number of anilines is 2. The van der Waals surface area contributed by atoms with Crippen molar-refractivity contribution < 1.29 is 14.6 Å². The molecule has 5 heterocycles. The number of rotatable bonds is 3. The number of morpholine rings is 2. The monoisotopic (exact) mass is 460 g/mol. The van der Waals surface area contributed by atoms with E-state index in [9.17, 15) is 5.11 Å². The smallest absolute Gasteiger partial charge is 0.229 e. The van der Waals surface area contributed by atoms with Crippen molar-refractivity contribution in [1.29, 1.82) is 0 Å². The van der Waals surface area contributed by atoms with Crippen LogP contribution < -0.4 is 9.80 Å². The lowest BCUT2D eigenvalue weighted by Crippen LogP contribution is -2.46. The number of aromatic amines is 1. The van der Waals surface area contributed by atoms with E-state index in [0.29, 0.717) is 38.0 Å². The van der Waals surface area contributed by atoms with Crippen LogP contribution in [-0.4, -0.2) is 76.6 Å². The Morgan fingerprint density at radius 3 is 2.44 bits per heavy atom. The Morgan fingerprint density at radius 2 is 1.68 bits per heavy atom. The first-order chi connectivity index (χ1) is 16.6. The van der Waals surface area contributed by atoms with Gasteiger partial charge in [0.1, 0.15) is 5.82 Å². The van der Waals surface area contributed by atoms with Gasteiger partial charge in [-0.05, 0) is 32.0 Å². The number of aromatic nitrogens is 4. The van der Waals surface area contributed by atoms with Crippen LogP contribution in [0, 0.1) is 0 Å². The number of pyridine rings is 1. The number of fused-ring (bicyclic) bond motifs is 2. The third-order valence-electron chi connectivity index (χ3n) is 6.76. The van der Waals surface area contributed by atoms with Crippen LogP contribution in [0.15, 0.2) is 36.5 Å². The molecule has 2 atom stereocenters. The molecule has 1 aromatic carbocycles. The standard InChI is InChI=1S/C25H28N6O3/c1-15-13-33-9-7-30(15)23-19-5-6-21(17-3-4-18-12-26-24(32)20(18)11-17)27-22(19)28-25(29-23)31-8-10-34-14-16(31)2/h3-6,11-12,15-16,26,32H,7-10,13-14H2,1-2H3/t15-,16+/m1/s1. The molecule has 2 aliphatic heterocycles. The molecular weight excluding hydrogens is 432 g/mol. The van der Waals surface area contributed by atoms with Crippen LogP contribution in [0.1, 0.15) is 13.8 Å². The van der Waals surface area contributed by atoms with Crippen molar-refractivity contribution in [3.05, 3.63) is 36.5 Å². The van der Waals surface area contributed by atoms with Crippen molar-refractivity contribution in [2.24, 2.45) is 0 Å². The lowest BCUT2D eigenvalue weighted by Gasteiger charge is -2.37. The van der Waals surface area contributed by atoms with E-state index in [0.717, 1.165) is 46.3 Å². The Bertz CT molecular complexity index is 1360. The Morgan fingerprint density at radius 1 is 0.912 bits per heavy atom. The van der Waals surface area contributed by atoms with Gasteiger partial charge in [-0.1, -0.05) is 12.1 Å². The predicted octanol–water partition coefficient (Wildman–Crippen LogP) is 3.33. The summed E-state index contributed by atoms with van der Waals surface area (Å²) in [6, 6.07) is 10.4. The summed E-state index contributed by atoms with van der Waals surface area (Å²) in [5.41, 5.74) is 2.38. The van der Waals surface area contributed by atoms with Gasteiger partial charge in [0, 0.05) is 35.6 Å². The predicted molar refractivity (Wildman–Crippen MR) is 132 cm³/mol. The highest BCUT2D eigenvalue weighted by Gasteiger charge is 2.27. The van der Waals surface area contributed by atoms with E-state index in [1.54, 1.807) is 6.20 Å². The van der Waals surface area contributed by atoms with Gasteiger partial charge < -0.3 is 29.4 Å². The molecule has 0 unspecified atom stereocenters. The van der Waals surface area contributed by atoms with E-state index in [1.165, 1.54) is 0 Å². The molecule has 9 heteroatoms. The zero-order valence-corrected chi connectivity index (χ0v) is 19.4. The number of aromatic hydroxyl groups is 1. The van der Waals surface area contributed by atoms with Crippen LogP contribution in [0.25, 0.3) is 33.1 Å². The minimum absolute atomic E-state index is 0.159. The zero-order chi connectivity index (χ0) is 23.2. The van der Waals surface area contributed by atoms with Crippen molar-refractivity contribution in [2.75, 3.05) is 49.3 Å². The molecule has 2 fully saturated rings. The quantitative estimate of drug-likeness (QED) is 0.480. The highest BCUT2D eigenvalue weighted by Crippen LogP contribution is 2.33. The van der Waals surface area contributed by atoms with Crippen LogP contribution in [0.2, 0.25) is 0 Å². The topological polar surface area (TPSA) is 99.6 Å². The van der Waals surface area contributed by atoms with E-state index in [2.05, 4.69) is 34.7 Å². The Balaban J connectivity index is 1.50. The van der Waals surface area contributed by atoms with Crippen LogP contribution in [-0.2, 0) is 9.47 Å². The van der Waals surface area contributed by atoms with Crippen LogP contribution in [0.4, 0.5) is 11.8 Å². The summed E-state index contributed by atoms with van der Waals surface area (Å²) in [5, 5.41) is 12.8. The van der Waals surface area contributed by atoms with Crippen LogP contribution >= 0.6 is 0 Å². The van der Waals surface area contributed by atoms with Gasteiger partial charge in [-0.2, -0.15) is 9.97 Å².